The number of halogens is 3. The number of nitriles is 1. The lowest BCUT2D eigenvalue weighted by Gasteiger charge is -2.29. The second kappa shape index (κ2) is 8.15. The Balaban J connectivity index is 1.27. The van der Waals surface area contributed by atoms with Crippen LogP contribution in [0.3, 0.4) is 0 Å². The van der Waals surface area contributed by atoms with E-state index < -0.39 is 47.6 Å². The molecule has 0 aromatic carbocycles. The van der Waals surface area contributed by atoms with Crippen LogP contribution < -0.4 is 10.6 Å². The first-order chi connectivity index (χ1) is 17.1. The summed E-state index contributed by atoms with van der Waals surface area (Å²) in [7, 11) is 0. The van der Waals surface area contributed by atoms with Gasteiger partial charge >= 0.3 is 0 Å². The van der Waals surface area contributed by atoms with Crippen LogP contribution in [0.1, 0.15) is 42.6 Å². The average molecular weight is 536 g/mol. The van der Waals surface area contributed by atoms with E-state index in [4.69, 9.17) is 11.6 Å². The molecule has 36 heavy (non-hydrogen) atoms. The highest BCUT2D eigenvalue weighted by Crippen LogP contribution is 2.53. The van der Waals surface area contributed by atoms with Crippen molar-refractivity contribution < 1.29 is 23.2 Å². The number of fused-ring (bicyclic) bond motifs is 2. The smallest absolute Gasteiger partial charge is 0.271 e. The average Bonchev–Trinajstić information content (AvgIpc) is 3.15. The molecule has 0 spiro atoms. The van der Waals surface area contributed by atoms with Crippen molar-refractivity contribution >= 4 is 50.9 Å². The predicted molar refractivity (Wildman–Crippen MR) is 127 cm³/mol. The number of amides is 3. The zero-order valence-electron chi connectivity index (χ0n) is 19.2. The number of carbonyl (C=O) groups is 3. The van der Waals surface area contributed by atoms with Gasteiger partial charge in [-0.1, -0.05) is 11.6 Å². The molecule has 4 aliphatic rings. The molecule has 190 valence electrons. The van der Waals surface area contributed by atoms with E-state index in [1.807, 2.05) is 0 Å². The van der Waals surface area contributed by atoms with Crippen LogP contribution in [-0.2, 0) is 9.59 Å². The van der Waals surface area contributed by atoms with Gasteiger partial charge < -0.3 is 20.5 Å². The Morgan fingerprint density at radius 2 is 2.11 bits per heavy atom. The van der Waals surface area contributed by atoms with E-state index in [1.165, 1.54) is 16.2 Å². The number of H-pyrrole nitrogens is 1. The van der Waals surface area contributed by atoms with Crippen LogP contribution in [0.25, 0.3) is 10.2 Å². The molecule has 3 amide bonds. The highest BCUT2D eigenvalue weighted by molar-refractivity contribution is 7.17. The number of nitrogens with one attached hydrogen (secondary N) is 3. The molecular weight excluding hydrogens is 512 g/mol. The zero-order chi connectivity index (χ0) is 25.4. The van der Waals surface area contributed by atoms with Gasteiger partial charge in [0.15, 0.2) is 0 Å². The van der Waals surface area contributed by atoms with Gasteiger partial charge in [0.1, 0.15) is 17.3 Å². The summed E-state index contributed by atoms with van der Waals surface area (Å²) in [5, 5.41) is 17.7. The summed E-state index contributed by atoms with van der Waals surface area (Å²) in [5.74, 6) is -6.05. The molecule has 2 saturated carbocycles. The minimum Gasteiger partial charge on any atom is -0.356 e. The Bertz CT molecular complexity index is 1320. The number of aromatic amines is 1. The third kappa shape index (κ3) is 3.68. The summed E-state index contributed by atoms with van der Waals surface area (Å²) in [4.78, 5) is 43.8. The molecule has 3 N–H and O–H groups in total. The van der Waals surface area contributed by atoms with Crippen molar-refractivity contribution in [3.63, 3.8) is 0 Å². The standard InChI is InChI=1S/C24H24ClF2N5O3S/c25-15-9-36-17-4-16(30-18(15)17)22(35)32-8-11-5-24(26,27)6-13(11)19(32)21(34)31-23(10-28)7-14(23)12-2-1-3-29-20(12)33/h4,9,11-14,19,30H,1-3,5-8H2,(H,29,33)(H,31,34)/t11-,12?,13-,14?,19-,23-/m0/s1. The number of aromatic nitrogens is 1. The fraction of sp³-hybridized carbons (Fsp3) is 0.583. The first-order valence-electron chi connectivity index (χ1n) is 12.1. The molecule has 0 radical (unpaired) electrons. The van der Waals surface area contributed by atoms with Crippen LogP contribution in [0, 0.1) is 35.0 Å². The predicted octanol–water partition coefficient (Wildman–Crippen LogP) is 3.29. The van der Waals surface area contributed by atoms with Gasteiger partial charge in [0, 0.05) is 43.1 Å². The van der Waals surface area contributed by atoms with Gasteiger partial charge in [-0.05, 0) is 37.2 Å². The molecule has 2 aliphatic heterocycles. The van der Waals surface area contributed by atoms with Crippen LogP contribution >= 0.6 is 22.9 Å². The lowest BCUT2D eigenvalue weighted by Crippen LogP contribution is -2.53. The van der Waals surface area contributed by atoms with Gasteiger partial charge in [0.05, 0.1) is 21.3 Å². The van der Waals surface area contributed by atoms with Crippen LogP contribution in [-0.4, -0.2) is 58.2 Å². The van der Waals surface area contributed by atoms with Gasteiger partial charge in [-0.15, -0.1) is 11.3 Å². The molecule has 6 rings (SSSR count). The minimum absolute atomic E-state index is 0.0333. The lowest BCUT2D eigenvalue weighted by atomic mass is 9.90. The molecule has 2 saturated heterocycles. The molecule has 2 aromatic rings. The van der Waals surface area contributed by atoms with Crippen LogP contribution in [0.4, 0.5) is 8.78 Å². The number of thiophene rings is 1. The molecule has 12 heteroatoms. The minimum atomic E-state index is -2.90. The van der Waals surface area contributed by atoms with Crippen LogP contribution in [0.5, 0.6) is 0 Å². The number of nitrogens with zero attached hydrogens (tertiary/aromatic N) is 2. The summed E-state index contributed by atoms with van der Waals surface area (Å²) in [6.45, 7) is 0.623. The largest absolute Gasteiger partial charge is 0.356 e. The van der Waals surface area contributed by atoms with Gasteiger partial charge in [0.2, 0.25) is 17.7 Å². The highest BCUT2D eigenvalue weighted by Gasteiger charge is 2.64. The number of hydrogen-bond donors (Lipinski definition) is 3. The van der Waals surface area contributed by atoms with E-state index in [-0.39, 0.29) is 36.4 Å². The van der Waals surface area contributed by atoms with E-state index in [1.54, 1.807) is 11.4 Å². The molecule has 2 unspecified atom stereocenters. The quantitative estimate of drug-likeness (QED) is 0.556. The number of hydrogen-bond acceptors (Lipinski definition) is 5. The Labute approximate surface area is 214 Å². The fourth-order valence-corrected chi connectivity index (χ4v) is 7.69. The third-order valence-corrected chi connectivity index (χ3v) is 9.67. The van der Waals surface area contributed by atoms with E-state index in [2.05, 4.69) is 21.7 Å². The summed E-state index contributed by atoms with van der Waals surface area (Å²) in [6, 6.07) is 2.69. The van der Waals surface area contributed by atoms with Crippen molar-refractivity contribution in [2.24, 2.45) is 23.7 Å². The van der Waals surface area contributed by atoms with E-state index in [0.29, 0.717) is 29.9 Å². The lowest BCUT2D eigenvalue weighted by molar-refractivity contribution is -0.129. The maximum absolute atomic E-state index is 14.3. The Hall–Kier alpha value is -2.71. The number of alkyl halides is 2. The highest BCUT2D eigenvalue weighted by atomic mass is 35.5. The molecule has 6 atom stereocenters. The van der Waals surface area contributed by atoms with Crippen molar-refractivity contribution in [1.29, 1.82) is 5.26 Å². The Morgan fingerprint density at radius 1 is 1.31 bits per heavy atom. The third-order valence-electron chi connectivity index (χ3n) is 8.32. The molecular formula is C24H24ClF2N5O3S. The molecule has 2 aliphatic carbocycles. The Morgan fingerprint density at radius 3 is 2.83 bits per heavy atom. The number of piperidine rings is 1. The van der Waals surface area contributed by atoms with Crippen LogP contribution in [0.15, 0.2) is 11.4 Å². The van der Waals surface area contributed by atoms with Crippen molar-refractivity contribution in [3.8, 4) is 6.07 Å². The van der Waals surface area contributed by atoms with E-state index >= 15 is 0 Å². The van der Waals surface area contributed by atoms with E-state index in [0.717, 1.165) is 11.1 Å². The molecule has 0 bridgehead atoms. The molecule has 2 aromatic heterocycles. The van der Waals surface area contributed by atoms with Crippen molar-refractivity contribution in [2.75, 3.05) is 13.1 Å². The zero-order valence-corrected chi connectivity index (χ0v) is 20.7. The Kier molecular flexibility index (Phi) is 5.36. The molecule has 4 heterocycles. The maximum Gasteiger partial charge on any atom is 0.271 e. The summed E-state index contributed by atoms with van der Waals surface area (Å²) in [5.41, 5.74) is -0.374. The topological polar surface area (TPSA) is 118 Å². The van der Waals surface area contributed by atoms with Gasteiger partial charge in [-0.25, -0.2) is 8.78 Å². The van der Waals surface area contributed by atoms with Gasteiger partial charge in [-0.2, -0.15) is 5.26 Å². The van der Waals surface area contributed by atoms with Crippen LogP contribution in [0.2, 0.25) is 5.02 Å². The van der Waals surface area contributed by atoms with E-state index in [9.17, 15) is 28.4 Å². The monoisotopic (exact) mass is 535 g/mol. The summed E-state index contributed by atoms with van der Waals surface area (Å²) >= 11 is 7.54. The fourth-order valence-electron chi connectivity index (χ4n) is 6.54. The second-order valence-electron chi connectivity index (χ2n) is 10.5. The summed E-state index contributed by atoms with van der Waals surface area (Å²) in [6.07, 6.45) is 0.880. The van der Waals surface area contributed by atoms with Crippen molar-refractivity contribution in [3.05, 3.63) is 22.2 Å². The SMILES string of the molecule is N#C[C@@]1(NC(=O)[C@@H]2[C@H]3CC(F)(F)C[C@H]3CN2C(=O)c2cc3scc(Cl)c3[nH]2)CC1C1CCCNC1=O. The van der Waals surface area contributed by atoms with Crippen molar-refractivity contribution in [2.45, 2.75) is 49.6 Å². The van der Waals surface area contributed by atoms with Crippen molar-refractivity contribution in [1.82, 2.24) is 20.5 Å². The van der Waals surface area contributed by atoms with Gasteiger partial charge in [0.25, 0.3) is 5.91 Å². The molecule has 4 fully saturated rings. The van der Waals surface area contributed by atoms with Gasteiger partial charge in [-0.3, -0.25) is 14.4 Å². The second-order valence-corrected chi connectivity index (χ2v) is 11.8. The number of rotatable bonds is 4. The number of likely N-dealkylation sites (tertiary alicyclic amines) is 1. The first kappa shape index (κ1) is 23.7. The first-order valence-corrected chi connectivity index (χ1v) is 13.3. The molecule has 8 nitrogen and oxygen atoms in total. The normalized spacial score (nSPS) is 34.8. The number of carbonyl (C=O) groups excluding carboxylic acids is 3. The maximum atomic E-state index is 14.3. The summed E-state index contributed by atoms with van der Waals surface area (Å²) < 4.78 is 29.4.